The summed E-state index contributed by atoms with van der Waals surface area (Å²) in [6.45, 7) is 5.30. The van der Waals surface area contributed by atoms with E-state index in [1.54, 1.807) is 0 Å². The van der Waals surface area contributed by atoms with E-state index >= 15 is 0 Å². The number of nitrogens with zero attached hydrogens (tertiary/aromatic N) is 2. The third-order valence-electron chi connectivity index (χ3n) is 3.78. The molecule has 0 aliphatic rings. The van der Waals surface area contributed by atoms with Crippen LogP contribution in [0.2, 0.25) is 0 Å². The highest BCUT2D eigenvalue weighted by molar-refractivity contribution is 5.81. The standard InChI is InChI=1S/C18H21N3/c1-3-4-10-21-17-9-8-13(2)11-16(17)20-18(21)14-6-5-7-15(19)12-14/h5-9,11-12H,3-4,10,19H2,1-2H3. The maximum Gasteiger partial charge on any atom is 0.141 e. The largest absolute Gasteiger partial charge is 0.399 e. The Morgan fingerprint density at radius 2 is 2.00 bits per heavy atom. The molecule has 21 heavy (non-hydrogen) atoms. The van der Waals surface area contributed by atoms with E-state index in [-0.39, 0.29) is 0 Å². The van der Waals surface area contributed by atoms with Crippen molar-refractivity contribution >= 4 is 16.7 Å². The summed E-state index contributed by atoms with van der Waals surface area (Å²) in [7, 11) is 0. The van der Waals surface area contributed by atoms with Crippen molar-refractivity contribution in [3.05, 3.63) is 48.0 Å². The molecule has 0 unspecified atom stereocenters. The average Bonchev–Trinajstić information content (AvgIpc) is 2.82. The van der Waals surface area contributed by atoms with Gasteiger partial charge in [0.25, 0.3) is 0 Å². The maximum atomic E-state index is 5.93. The molecule has 3 nitrogen and oxygen atoms in total. The van der Waals surface area contributed by atoms with Crippen LogP contribution in [0.3, 0.4) is 0 Å². The van der Waals surface area contributed by atoms with Crippen molar-refractivity contribution in [1.82, 2.24) is 9.55 Å². The fourth-order valence-electron chi connectivity index (χ4n) is 2.68. The van der Waals surface area contributed by atoms with Crippen LogP contribution in [0.25, 0.3) is 22.4 Å². The summed E-state index contributed by atoms with van der Waals surface area (Å²) < 4.78 is 2.31. The summed E-state index contributed by atoms with van der Waals surface area (Å²) in [5.41, 5.74) is 11.3. The van der Waals surface area contributed by atoms with Crippen molar-refractivity contribution < 1.29 is 0 Å². The molecule has 0 aliphatic heterocycles. The zero-order valence-corrected chi connectivity index (χ0v) is 12.6. The maximum absolute atomic E-state index is 5.93. The van der Waals surface area contributed by atoms with Crippen LogP contribution in [-0.4, -0.2) is 9.55 Å². The van der Waals surface area contributed by atoms with Crippen LogP contribution in [-0.2, 0) is 6.54 Å². The minimum atomic E-state index is 0.776. The molecule has 0 saturated heterocycles. The predicted molar refractivity (Wildman–Crippen MR) is 89.2 cm³/mol. The summed E-state index contributed by atoms with van der Waals surface area (Å²) in [6, 6.07) is 14.4. The molecule has 0 amide bonds. The molecule has 3 aromatic rings. The van der Waals surface area contributed by atoms with E-state index in [2.05, 4.69) is 42.7 Å². The molecule has 0 radical (unpaired) electrons. The van der Waals surface area contributed by atoms with Gasteiger partial charge in [-0.1, -0.05) is 31.5 Å². The van der Waals surface area contributed by atoms with Gasteiger partial charge in [0.2, 0.25) is 0 Å². The summed E-state index contributed by atoms with van der Waals surface area (Å²) in [5.74, 6) is 1.01. The fourth-order valence-corrected chi connectivity index (χ4v) is 2.68. The highest BCUT2D eigenvalue weighted by Crippen LogP contribution is 2.27. The van der Waals surface area contributed by atoms with Gasteiger partial charge in [0.15, 0.2) is 0 Å². The molecule has 0 atom stereocenters. The topological polar surface area (TPSA) is 43.8 Å². The van der Waals surface area contributed by atoms with Crippen LogP contribution < -0.4 is 5.73 Å². The van der Waals surface area contributed by atoms with Crippen molar-refractivity contribution in [2.75, 3.05) is 5.73 Å². The molecule has 2 N–H and O–H groups in total. The molecule has 0 bridgehead atoms. The quantitative estimate of drug-likeness (QED) is 0.720. The van der Waals surface area contributed by atoms with Gasteiger partial charge in [-0.25, -0.2) is 4.98 Å². The number of aromatic nitrogens is 2. The average molecular weight is 279 g/mol. The van der Waals surface area contributed by atoms with Crippen molar-refractivity contribution in [1.29, 1.82) is 0 Å². The van der Waals surface area contributed by atoms with E-state index in [0.717, 1.165) is 35.6 Å². The van der Waals surface area contributed by atoms with Gasteiger partial charge in [-0.15, -0.1) is 0 Å². The lowest BCUT2D eigenvalue weighted by Gasteiger charge is -2.09. The minimum Gasteiger partial charge on any atom is -0.399 e. The number of hydrogen-bond donors (Lipinski definition) is 1. The number of aryl methyl sites for hydroxylation is 2. The number of fused-ring (bicyclic) bond motifs is 1. The first kappa shape index (κ1) is 13.7. The van der Waals surface area contributed by atoms with Gasteiger partial charge in [-0.05, 0) is 43.2 Å². The molecule has 3 rings (SSSR count). The number of unbranched alkanes of at least 4 members (excludes halogenated alkanes) is 1. The fraction of sp³-hybridized carbons (Fsp3) is 0.278. The van der Waals surface area contributed by atoms with Crippen LogP contribution >= 0.6 is 0 Å². The molecular formula is C18H21N3. The summed E-state index contributed by atoms with van der Waals surface area (Å²) >= 11 is 0. The zero-order chi connectivity index (χ0) is 14.8. The molecule has 0 fully saturated rings. The van der Waals surface area contributed by atoms with Gasteiger partial charge >= 0.3 is 0 Å². The molecule has 2 aromatic carbocycles. The van der Waals surface area contributed by atoms with Gasteiger partial charge in [0, 0.05) is 17.8 Å². The van der Waals surface area contributed by atoms with E-state index in [1.807, 2.05) is 18.2 Å². The Hall–Kier alpha value is -2.29. The summed E-state index contributed by atoms with van der Waals surface area (Å²) in [4.78, 5) is 4.85. The first-order chi connectivity index (χ1) is 10.2. The van der Waals surface area contributed by atoms with Gasteiger partial charge < -0.3 is 10.3 Å². The van der Waals surface area contributed by atoms with Crippen molar-refractivity contribution in [2.45, 2.75) is 33.2 Å². The number of nitrogens with two attached hydrogens (primary N) is 1. The normalized spacial score (nSPS) is 11.1. The number of rotatable bonds is 4. The van der Waals surface area contributed by atoms with Crippen molar-refractivity contribution in [3.8, 4) is 11.4 Å². The van der Waals surface area contributed by atoms with Crippen LogP contribution in [0.15, 0.2) is 42.5 Å². The van der Waals surface area contributed by atoms with Crippen molar-refractivity contribution in [2.24, 2.45) is 0 Å². The number of benzene rings is 2. The van der Waals surface area contributed by atoms with E-state index in [9.17, 15) is 0 Å². The predicted octanol–water partition coefficient (Wildman–Crippen LogP) is 4.39. The van der Waals surface area contributed by atoms with Crippen LogP contribution in [0.1, 0.15) is 25.3 Å². The Morgan fingerprint density at radius 3 is 2.76 bits per heavy atom. The Balaban J connectivity index is 2.20. The third-order valence-corrected chi connectivity index (χ3v) is 3.78. The van der Waals surface area contributed by atoms with Gasteiger partial charge in [-0.2, -0.15) is 0 Å². The molecule has 3 heteroatoms. The second-order valence-electron chi connectivity index (χ2n) is 5.56. The number of hydrogen-bond acceptors (Lipinski definition) is 2. The number of imidazole rings is 1. The second-order valence-corrected chi connectivity index (χ2v) is 5.56. The Kier molecular flexibility index (Phi) is 3.65. The molecule has 1 aromatic heterocycles. The van der Waals surface area contributed by atoms with E-state index in [0.29, 0.717) is 0 Å². The van der Waals surface area contributed by atoms with E-state index < -0.39 is 0 Å². The highest BCUT2D eigenvalue weighted by atomic mass is 15.1. The summed E-state index contributed by atoms with van der Waals surface area (Å²) in [5, 5.41) is 0. The van der Waals surface area contributed by atoms with E-state index in [1.165, 1.54) is 17.5 Å². The Morgan fingerprint density at radius 1 is 1.14 bits per heavy atom. The monoisotopic (exact) mass is 279 g/mol. The smallest absolute Gasteiger partial charge is 0.141 e. The lowest BCUT2D eigenvalue weighted by molar-refractivity contribution is 0.651. The SMILES string of the molecule is CCCCn1c(-c2cccc(N)c2)nc2cc(C)ccc21. The lowest BCUT2D eigenvalue weighted by atomic mass is 10.2. The molecule has 0 spiro atoms. The molecular weight excluding hydrogens is 258 g/mol. The van der Waals surface area contributed by atoms with Gasteiger partial charge in [0.05, 0.1) is 11.0 Å². The minimum absolute atomic E-state index is 0.776. The second kappa shape index (κ2) is 5.60. The first-order valence-electron chi connectivity index (χ1n) is 7.52. The van der Waals surface area contributed by atoms with E-state index in [4.69, 9.17) is 10.7 Å². The zero-order valence-electron chi connectivity index (χ0n) is 12.6. The highest BCUT2D eigenvalue weighted by Gasteiger charge is 2.12. The first-order valence-corrected chi connectivity index (χ1v) is 7.52. The lowest BCUT2D eigenvalue weighted by Crippen LogP contribution is -2.01. The van der Waals surface area contributed by atoms with Crippen LogP contribution in [0, 0.1) is 6.92 Å². The molecule has 0 saturated carbocycles. The third kappa shape index (κ3) is 2.64. The van der Waals surface area contributed by atoms with Gasteiger partial charge in [0.1, 0.15) is 5.82 Å². The van der Waals surface area contributed by atoms with Crippen LogP contribution in [0.5, 0.6) is 0 Å². The Labute approximate surface area is 125 Å². The Bertz CT molecular complexity index is 771. The summed E-state index contributed by atoms with van der Waals surface area (Å²) in [6.07, 6.45) is 2.32. The number of anilines is 1. The van der Waals surface area contributed by atoms with Crippen molar-refractivity contribution in [3.63, 3.8) is 0 Å². The van der Waals surface area contributed by atoms with Crippen LogP contribution in [0.4, 0.5) is 5.69 Å². The van der Waals surface area contributed by atoms with Gasteiger partial charge in [-0.3, -0.25) is 0 Å². The number of nitrogen functional groups attached to an aromatic ring is 1. The molecule has 0 aliphatic carbocycles. The molecule has 108 valence electrons. The molecule has 1 heterocycles.